The normalized spacial score (nSPS) is 24.6. The maximum Gasteiger partial charge on any atom is 0.335 e. The minimum atomic E-state index is -1.10. The second-order valence-electron chi connectivity index (χ2n) is 6.30. The molecule has 2 aliphatic rings. The smallest absolute Gasteiger partial charge is 0.335 e. The highest BCUT2D eigenvalue weighted by Crippen LogP contribution is 2.25. The van der Waals surface area contributed by atoms with Crippen molar-refractivity contribution in [3.63, 3.8) is 0 Å². The molecular weight excluding hydrogens is 322 g/mol. The van der Waals surface area contributed by atoms with Crippen LogP contribution in [0.15, 0.2) is 29.3 Å². The van der Waals surface area contributed by atoms with Crippen molar-refractivity contribution in [3.05, 3.63) is 29.8 Å². The molecule has 0 saturated carbocycles. The Morgan fingerprint density at radius 1 is 1.32 bits per heavy atom. The van der Waals surface area contributed by atoms with Gasteiger partial charge in [0.15, 0.2) is 5.92 Å². The van der Waals surface area contributed by atoms with Crippen LogP contribution >= 0.6 is 0 Å². The van der Waals surface area contributed by atoms with E-state index >= 15 is 0 Å². The lowest BCUT2D eigenvalue weighted by atomic mass is 9.98. The Hall–Kier alpha value is -2.54. The summed E-state index contributed by atoms with van der Waals surface area (Å²) in [5.74, 6) is -2.30. The van der Waals surface area contributed by atoms with Gasteiger partial charge in [0.2, 0.25) is 5.91 Å². The predicted molar refractivity (Wildman–Crippen MR) is 92.6 cm³/mol. The molecule has 2 saturated heterocycles. The summed E-state index contributed by atoms with van der Waals surface area (Å²) in [5, 5.41) is 2.26. The molecular formula is C18H21N3O4. The number of hydrogen-bond donors (Lipinski definition) is 1. The van der Waals surface area contributed by atoms with Crippen LogP contribution in [-0.2, 0) is 14.3 Å². The van der Waals surface area contributed by atoms with Gasteiger partial charge in [-0.3, -0.25) is 19.9 Å². The summed E-state index contributed by atoms with van der Waals surface area (Å²) >= 11 is 0. The Bertz CT molecular complexity index is 738. The van der Waals surface area contributed by atoms with Crippen LogP contribution in [-0.4, -0.2) is 42.8 Å². The monoisotopic (exact) mass is 343 g/mol. The molecule has 132 valence electrons. The second kappa shape index (κ2) is 7.14. The maximum atomic E-state index is 12.9. The first kappa shape index (κ1) is 17.3. The van der Waals surface area contributed by atoms with E-state index in [0.717, 1.165) is 29.9 Å². The fourth-order valence-electron chi connectivity index (χ4n) is 3.11. The van der Waals surface area contributed by atoms with E-state index in [4.69, 9.17) is 4.74 Å². The van der Waals surface area contributed by atoms with E-state index in [-0.39, 0.29) is 6.10 Å². The quantitative estimate of drug-likeness (QED) is 0.667. The number of imide groups is 2. The molecule has 2 fully saturated rings. The van der Waals surface area contributed by atoms with Gasteiger partial charge in [-0.1, -0.05) is 18.2 Å². The molecule has 2 atom stereocenters. The molecule has 25 heavy (non-hydrogen) atoms. The number of nitrogens with zero attached hydrogens (tertiary/aromatic N) is 2. The zero-order valence-corrected chi connectivity index (χ0v) is 14.3. The molecule has 0 spiro atoms. The van der Waals surface area contributed by atoms with Crippen molar-refractivity contribution in [1.29, 1.82) is 0 Å². The summed E-state index contributed by atoms with van der Waals surface area (Å²) in [6, 6.07) is 6.32. The zero-order valence-electron chi connectivity index (χ0n) is 14.3. The molecule has 1 N–H and O–H groups in total. The summed E-state index contributed by atoms with van der Waals surface area (Å²) < 4.78 is 5.51. The standard InChI is InChI=1S/C18H21N3O4/c1-11-6-3-4-8-14(11)21-17(23)15(16(22)20-18(21)24)12(2)19-10-13-7-5-9-25-13/h3-4,6,8,13,15H,5,7,9-10H2,1-2H3,(H,20,22,24)/t13-,15-/m1/s1. The maximum absolute atomic E-state index is 12.9. The van der Waals surface area contributed by atoms with E-state index < -0.39 is 23.8 Å². The number of para-hydroxylation sites is 1. The third-order valence-electron chi connectivity index (χ3n) is 4.51. The first-order valence-electron chi connectivity index (χ1n) is 8.36. The first-order chi connectivity index (χ1) is 12.0. The van der Waals surface area contributed by atoms with Crippen LogP contribution in [0.1, 0.15) is 25.3 Å². The Balaban J connectivity index is 1.85. The van der Waals surface area contributed by atoms with Gasteiger partial charge in [0.1, 0.15) is 0 Å². The highest BCUT2D eigenvalue weighted by Gasteiger charge is 2.43. The number of carbonyl (C=O) groups excluding carboxylic acids is 3. The highest BCUT2D eigenvalue weighted by atomic mass is 16.5. The van der Waals surface area contributed by atoms with E-state index in [1.54, 1.807) is 32.0 Å². The molecule has 7 nitrogen and oxygen atoms in total. The third-order valence-corrected chi connectivity index (χ3v) is 4.51. The molecule has 3 rings (SSSR count). The van der Waals surface area contributed by atoms with Crippen LogP contribution in [0.3, 0.4) is 0 Å². The highest BCUT2D eigenvalue weighted by molar-refractivity contribution is 6.35. The molecule has 1 aromatic carbocycles. The van der Waals surface area contributed by atoms with Gasteiger partial charge in [-0.2, -0.15) is 0 Å². The van der Waals surface area contributed by atoms with Gasteiger partial charge in [0.25, 0.3) is 5.91 Å². The largest absolute Gasteiger partial charge is 0.376 e. The third kappa shape index (κ3) is 3.46. The lowest BCUT2D eigenvalue weighted by molar-refractivity contribution is -0.131. The van der Waals surface area contributed by atoms with E-state index in [9.17, 15) is 14.4 Å². The second-order valence-corrected chi connectivity index (χ2v) is 6.30. The van der Waals surface area contributed by atoms with Gasteiger partial charge in [-0.15, -0.1) is 0 Å². The number of aryl methyl sites for hydroxylation is 1. The van der Waals surface area contributed by atoms with Gasteiger partial charge >= 0.3 is 6.03 Å². The number of carbonyl (C=O) groups is 3. The topological polar surface area (TPSA) is 88.1 Å². The number of amides is 4. The Morgan fingerprint density at radius 2 is 2.08 bits per heavy atom. The fourth-order valence-corrected chi connectivity index (χ4v) is 3.11. The molecule has 2 aliphatic heterocycles. The molecule has 1 aromatic rings. The summed E-state index contributed by atoms with van der Waals surface area (Å²) in [6.07, 6.45) is 1.96. The van der Waals surface area contributed by atoms with E-state index in [1.807, 2.05) is 6.07 Å². The van der Waals surface area contributed by atoms with E-state index in [1.165, 1.54) is 0 Å². The minimum Gasteiger partial charge on any atom is -0.376 e. The van der Waals surface area contributed by atoms with Crippen LogP contribution < -0.4 is 10.2 Å². The van der Waals surface area contributed by atoms with Crippen molar-refractivity contribution in [2.24, 2.45) is 10.9 Å². The minimum absolute atomic E-state index is 0.0332. The fraction of sp³-hybridized carbons (Fsp3) is 0.444. The van der Waals surface area contributed by atoms with Crippen molar-refractivity contribution < 1.29 is 19.1 Å². The SMILES string of the molecule is CC(=NC[C@H]1CCCO1)[C@@H]1C(=O)NC(=O)N(c2ccccc2C)C1=O. The number of anilines is 1. The van der Waals surface area contributed by atoms with Crippen LogP contribution in [0.5, 0.6) is 0 Å². The number of nitrogens with one attached hydrogen (secondary N) is 1. The Kier molecular flexibility index (Phi) is 4.94. The van der Waals surface area contributed by atoms with Crippen molar-refractivity contribution in [2.75, 3.05) is 18.1 Å². The predicted octanol–water partition coefficient (Wildman–Crippen LogP) is 1.83. The molecule has 7 heteroatoms. The average molecular weight is 343 g/mol. The summed E-state index contributed by atoms with van der Waals surface area (Å²) in [6.45, 7) is 4.58. The molecule has 0 aliphatic carbocycles. The van der Waals surface area contributed by atoms with Gasteiger partial charge < -0.3 is 4.74 Å². The van der Waals surface area contributed by atoms with E-state index in [0.29, 0.717) is 17.9 Å². The number of barbiturate groups is 1. The van der Waals surface area contributed by atoms with Crippen molar-refractivity contribution >= 4 is 29.2 Å². The van der Waals surface area contributed by atoms with E-state index in [2.05, 4.69) is 10.3 Å². The van der Waals surface area contributed by atoms with Crippen molar-refractivity contribution in [1.82, 2.24) is 5.32 Å². The van der Waals surface area contributed by atoms with Gasteiger partial charge in [0.05, 0.1) is 18.3 Å². The molecule has 4 amide bonds. The lowest BCUT2D eigenvalue weighted by Crippen LogP contribution is -2.60. The number of hydrogen-bond acceptors (Lipinski definition) is 5. The molecule has 0 unspecified atom stereocenters. The number of urea groups is 1. The molecule has 0 radical (unpaired) electrons. The van der Waals surface area contributed by atoms with Crippen LogP contribution in [0, 0.1) is 12.8 Å². The molecule has 0 aromatic heterocycles. The van der Waals surface area contributed by atoms with Gasteiger partial charge in [-0.05, 0) is 38.3 Å². The number of aliphatic imine (C=N–C) groups is 1. The molecule has 0 bridgehead atoms. The Morgan fingerprint density at radius 3 is 2.76 bits per heavy atom. The van der Waals surface area contributed by atoms with Crippen molar-refractivity contribution in [3.8, 4) is 0 Å². The van der Waals surface area contributed by atoms with Crippen LogP contribution in [0.2, 0.25) is 0 Å². The number of benzene rings is 1. The summed E-state index contributed by atoms with van der Waals surface area (Å²) in [4.78, 5) is 42.7. The van der Waals surface area contributed by atoms with Crippen LogP contribution in [0.4, 0.5) is 10.5 Å². The summed E-state index contributed by atoms with van der Waals surface area (Å²) in [7, 11) is 0. The average Bonchev–Trinajstić information content (AvgIpc) is 3.07. The number of rotatable bonds is 4. The first-order valence-corrected chi connectivity index (χ1v) is 8.36. The number of ether oxygens (including phenoxy) is 1. The van der Waals surface area contributed by atoms with Gasteiger partial charge in [0, 0.05) is 12.3 Å². The van der Waals surface area contributed by atoms with Crippen LogP contribution in [0.25, 0.3) is 0 Å². The summed E-state index contributed by atoms with van der Waals surface area (Å²) in [5.41, 5.74) is 1.63. The van der Waals surface area contributed by atoms with Gasteiger partial charge in [-0.25, -0.2) is 9.69 Å². The Labute approximate surface area is 146 Å². The lowest BCUT2D eigenvalue weighted by Gasteiger charge is -2.31. The zero-order chi connectivity index (χ0) is 18.0. The van der Waals surface area contributed by atoms with Crippen molar-refractivity contribution in [2.45, 2.75) is 32.8 Å². The molecule has 2 heterocycles.